The van der Waals surface area contributed by atoms with Crippen molar-refractivity contribution in [2.45, 2.75) is 5.41 Å². The van der Waals surface area contributed by atoms with E-state index in [1.807, 2.05) is 72.8 Å². The molecule has 6 nitrogen and oxygen atoms in total. The lowest BCUT2D eigenvalue weighted by Gasteiger charge is -2.34. The molecule has 15 aromatic rings. The fourth-order valence-corrected chi connectivity index (χ4v) is 12.3. The number of nitrogens with zero attached hydrogens (tertiary/aromatic N) is 3. The van der Waals surface area contributed by atoms with Crippen LogP contribution >= 0.6 is 0 Å². The molecule has 0 saturated heterocycles. The van der Waals surface area contributed by atoms with E-state index in [1.165, 1.54) is 38.9 Å². The summed E-state index contributed by atoms with van der Waals surface area (Å²) in [5.74, 6) is 1.54. The molecule has 11 aromatic carbocycles. The van der Waals surface area contributed by atoms with Crippen LogP contribution in [0.4, 0.5) is 0 Å². The second-order valence-electron chi connectivity index (χ2n) is 19.7. The minimum Gasteiger partial charge on any atom is -0.456 e. The van der Waals surface area contributed by atoms with Gasteiger partial charge in [0.15, 0.2) is 17.5 Å². The normalized spacial score (nSPS) is 12.8. The van der Waals surface area contributed by atoms with E-state index in [1.54, 1.807) is 0 Å². The van der Waals surface area contributed by atoms with Gasteiger partial charge in [-0.3, -0.25) is 0 Å². The predicted molar refractivity (Wildman–Crippen MR) is 306 cm³/mol. The van der Waals surface area contributed by atoms with E-state index < -0.39 is 5.41 Å². The number of fused-ring (bicyclic) bond motifs is 12. The molecule has 0 bridgehead atoms. The molecule has 1 aliphatic rings. The number of benzene rings is 11. The quantitative estimate of drug-likeness (QED) is 0.158. The summed E-state index contributed by atoms with van der Waals surface area (Å²) in [4.78, 5) is 16.0. The molecule has 0 radical (unpaired) electrons. The Balaban J connectivity index is 0.832. The molecular formula is C70H41N3O3. The third-order valence-electron chi connectivity index (χ3n) is 15.7. The van der Waals surface area contributed by atoms with E-state index in [-0.39, 0.29) is 0 Å². The first kappa shape index (κ1) is 42.3. The number of hydrogen-bond donors (Lipinski definition) is 0. The largest absolute Gasteiger partial charge is 0.456 e. The number of hydrogen-bond acceptors (Lipinski definition) is 6. The molecule has 4 aromatic heterocycles. The van der Waals surface area contributed by atoms with Crippen LogP contribution in [0.15, 0.2) is 262 Å². The van der Waals surface area contributed by atoms with Crippen molar-refractivity contribution in [1.82, 2.24) is 15.0 Å². The van der Waals surface area contributed by atoms with Crippen LogP contribution in [-0.4, -0.2) is 15.0 Å². The summed E-state index contributed by atoms with van der Waals surface area (Å²) in [6.07, 6.45) is 0. The topological polar surface area (TPSA) is 78.1 Å². The zero-order valence-electron chi connectivity index (χ0n) is 40.7. The van der Waals surface area contributed by atoms with Crippen molar-refractivity contribution in [1.29, 1.82) is 0 Å². The smallest absolute Gasteiger partial charge is 0.167 e. The van der Waals surface area contributed by atoms with Gasteiger partial charge in [0.1, 0.15) is 33.5 Å². The van der Waals surface area contributed by atoms with Gasteiger partial charge in [-0.15, -0.1) is 0 Å². The fourth-order valence-electron chi connectivity index (χ4n) is 12.3. The number of furan rings is 3. The third-order valence-corrected chi connectivity index (χ3v) is 15.7. The molecule has 76 heavy (non-hydrogen) atoms. The molecule has 6 heteroatoms. The molecule has 0 amide bonds. The van der Waals surface area contributed by atoms with Crippen molar-refractivity contribution < 1.29 is 13.3 Å². The second kappa shape index (κ2) is 16.4. The van der Waals surface area contributed by atoms with Crippen molar-refractivity contribution in [3.05, 3.63) is 271 Å². The minimum absolute atomic E-state index is 0.470. The maximum Gasteiger partial charge on any atom is 0.167 e. The Bertz CT molecular complexity index is 4780. The zero-order valence-corrected chi connectivity index (χ0v) is 40.7. The Hall–Kier alpha value is -10.2. The van der Waals surface area contributed by atoms with Crippen LogP contribution in [0.5, 0.6) is 0 Å². The molecule has 354 valence electrons. The fraction of sp³-hybridized carbons (Fsp3) is 0.0143. The highest BCUT2D eigenvalue weighted by molar-refractivity contribution is 6.14. The van der Waals surface area contributed by atoms with Crippen LogP contribution in [0.1, 0.15) is 22.3 Å². The van der Waals surface area contributed by atoms with Crippen molar-refractivity contribution in [3.8, 4) is 67.5 Å². The van der Waals surface area contributed by atoms with Crippen molar-refractivity contribution in [2.24, 2.45) is 0 Å². The molecule has 4 heterocycles. The van der Waals surface area contributed by atoms with Crippen molar-refractivity contribution in [3.63, 3.8) is 0 Å². The zero-order chi connectivity index (χ0) is 49.9. The van der Waals surface area contributed by atoms with Gasteiger partial charge in [-0.05, 0) is 104 Å². The highest BCUT2D eigenvalue weighted by Gasteiger charge is 2.46. The molecular weight excluding hydrogens is 931 g/mol. The Labute approximate surface area is 435 Å². The first-order valence-corrected chi connectivity index (χ1v) is 25.6. The predicted octanol–water partition coefficient (Wildman–Crippen LogP) is 18.3. The first-order chi connectivity index (χ1) is 37.7. The van der Waals surface area contributed by atoms with E-state index >= 15 is 0 Å². The highest BCUT2D eigenvalue weighted by Crippen LogP contribution is 2.57. The van der Waals surface area contributed by atoms with Gasteiger partial charge in [0, 0.05) is 43.4 Å². The average Bonchev–Trinajstić information content (AvgIpc) is 4.39. The molecule has 0 atom stereocenters. The molecule has 0 N–H and O–H groups in total. The Kier molecular flexibility index (Phi) is 9.15. The summed E-state index contributed by atoms with van der Waals surface area (Å²) in [6.45, 7) is 0. The summed E-state index contributed by atoms with van der Waals surface area (Å²) in [5, 5.41) is 5.86. The molecule has 0 unspecified atom stereocenters. The van der Waals surface area contributed by atoms with Crippen LogP contribution in [-0.2, 0) is 5.41 Å². The maximum absolute atomic E-state index is 6.64. The Morgan fingerprint density at radius 3 is 1.39 bits per heavy atom. The third kappa shape index (κ3) is 6.25. The molecule has 0 saturated carbocycles. The SMILES string of the molecule is c1ccc(C2(c3ccccc3)c3ccccc3-c3ccc(-c4ccc(-c5ccc6oc7cccc(-c8nc(-c9cccc%10c9oc9ccccc9%10)nc(-c9cccc%10oc%11ccccc%11c9%10)n8)c7c6c5)cc4)cc32)cc1. The van der Waals surface area contributed by atoms with E-state index in [0.717, 1.165) is 99.2 Å². The van der Waals surface area contributed by atoms with Crippen LogP contribution in [0.3, 0.4) is 0 Å². The number of aromatic nitrogens is 3. The summed E-state index contributed by atoms with van der Waals surface area (Å²) in [5.41, 5.74) is 18.7. The first-order valence-electron chi connectivity index (χ1n) is 25.6. The summed E-state index contributed by atoms with van der Waals surface area (Å²) in [7, 11) is 0. The van der Waals surface area contributed by atoms with Crippen molar-refractivity contribution in [2.75, 3.05) is 0 Å². The monoisotopic (exact) mass is 971 g/mol. The minimum atomic E-state index is -0.470. The van der Waals surface area contributed by atoms with Crippen LogP contribution in [0.25, 0.3) is 133 Å². The van der Waals surface area contributed by atoms with Crippen LogP contribution in [0, 0.1) is 0 Å². The lowest BCUT2D eigenvalue weighted by molar-refractivity contribution is 0.668. The lowest BCUT2D eigenvalue weighted by Crippen LogP contribution is -2.28. The average molecular weight is 972 g/mol. The highest BCUT2D eigenvalue weighted by atomic mass is 16.3. The summed E-state index contributed by atoms with van der Waals surface area (Å²) in [6, 6.07) is 87.8. The lowest BCUT2D eigenvalue weighted by atomic mass is 9.67. The molecule has 16 rings (SSSR count). The van der Waals surface area contributed by atoms with Gasteiger partial charge in [-0.2, -0.15) is 0 Å². The standard InChI is InChI=1S/C70H41N3O3/c1-3-16-46(17-4-1)70(47-18-5-2-6-19-47)57-27-10-7-20-48(57)49-38-36-45(41-58(49)70)43-34-32-42(33-35-43)44-37-39-61-56(40-44)65-54(25-15-31-63(65)75-61)68-71-67(53-24-14-30-62-64(53)52-22-9-12-29-60(52)74-62)72-69(73-68)55-26-13-23-51-50-21-8-11-28-59(50)76-66(51)55/h1-41H. The molecule has 0 spiro atoms. The molecule has 0 aliphatic heterocycles. The van der Waals surface area contributed by atoms with Gasteiger partial charge in [0.2, 0.25) is 0 Å². The van der Waals surface area contributed by atoms with Crippen LogP contribution < -0.4 is 0 Å². The maximum atomic E-state index is 6.64. The van der Waals surface area contributed by atoms with E-state index in [0.29, 0.717) is 17.5 Å². The van der Waals surface area contributed by atoms with Gasteiger partial charge in [0.05, 0.1) is 11.0 Å². The summed E-state index contributed by atoms with van der Waals surface area (Å²) < 4.78 is 19.6. The molecule has 0 fully saturated rings. The van der Waals surface area contributed by atoms with E-state index in [2.05, 4.69) is 176 Å². The molecule has 1 aliphatic carbocycles. The van der Waals surface area contributed by atoms with Gasteiger partial charge in [0.25, 0.3) is 0 Å². The van der Waals surface area contributed by atoms with E-state index in [9.17, 15) is 0 Å². The van der Waals surface area contributed by atoms with E-state index in [4.69, 9.17) is 28.2 Å². The van der Waals surface area contributed by atoms with Gasteiger partial charge < -0.3 is 13.3 Å². The van der Waals surface area contributed by atoms with Crippen LogP contribution in [0.2, 0.25) is 0 Å². The van der Waals surface area contributed by atoms with Gasteiger partial charge >= 0.3 is 0 Å². The van der Waals surface area contributed by atoms with Gasteiger partial charge in [-0.25, -0.2) is 15.0 Å². The summed E-state index contributed by atoms with van der Waals surface area (Å²) >= 11 is 0. The second-order valence-corrected chi connectivity index (χ2v) is 19.7. The van der Waals surface area contributed by atoms with Gasteiger partial charge in [-0.1, -0.05) is 200 Å². The number of rotatable bonds is 7. The Morgan fingerprint density at radius 1 is 0.263 bits per heavy atom. The van der Waals surface area contributed by atoms with Crippen molar-refractivity contribution >= 4 is 65.8 Å². The Morgan fingerprint density at radius 2 is 0.711 bits per heavy atom. The number of para-hydroxylation sites is 3.